The van der Waals surface area contributed by atoms with E-state index < -0.39 is 27.4 Å². The maximum atomic E-state index is 12.2. The Morgan fingerprint density at radius 3 is 2.53 bits per heavy atom. The van der Waals surface area contributed by atoms with Gasteiger partial charge in [0.1, 0.15) is 0 Å². The Morgan fingerprint density at radius 2 is 1.89 bits per heavy atom. The topological polar surface area (TPSA) is 63.2 Å². The number of alkyl halides is 3. The first-order chi connectivity index (χ1) is 8.72. The van der Waals surface area contributed by atoms with Crippen LogP contribution in [0, 0.1) is 0 Å². The number of sulfonamides is 1. The molecular formula is C11H10F3NO3S. The Balaban J connectivity index is 2.20. The Bertz CT molecular complexity index is 610. The normalized spacial score (nSPS) is 19.0. The first-order valence-electron chi connectivity index (χ1n) is 5.43. The minimum absolute atomic E-state index is 0.304. The summed E-state index contributed by atoms with van der Waals surface area (Å²) in [6, 6.07) is 6.79. The van der Waals surface area contributed by atoms with E-state index in [4.69, 9.17) is 0 Å². The molecule has 1 aromatic carbocycles. The lowest BCUT2D eigenvalue weighted by Gasteiger charge is -2.13. The zero-order valence-corrected chi connectivity index (χ0v) is 10.4. The van der Waals surface area contributed by atoms with Crippen molar-refractivity contribution in [2.45, 2.75) is 24.3 Å². The van der Waals surface area contributed by atoms with Crippen LogP contribution < -0.4 is 4.72 Å². The molecule has 1 unspecified atom stereocenters. The smallest absolute Gasteiger partial charge is 0.273 e. The molecule has 0 saturated carbocycles. The number of carbonyl (C=O) groups is 1. The molecule has 8 heteroatoms. The van der Waals surface area contributed by atoms with Gasteiger partial charge < -0.3 is 0 Å². The molecule has 4 nitrogen and oxygen atoms in total. The van der Waals surface area contributed by atoms with Gasteiger partial charge in [0.25, 0.3) is 0 Å². The van der Waals surface area contributed by atoms with E-state index in [1.165, 1.54) is 0 Å². The van der Waals surface area contributed by atoms with Gasteiger partial charge in [-0.1, -0.05) is 24.3 Å². The van der Waals surface area contributed by atoms with Crippen LogP contribution in [0.5, 0.6) is 0 Å². The lowest BCUT2D eigenvalue weighted by Crippen LogP contribution is -2.42. The van der Waals surface area contributed by atoms with Crippen LogP contribution in [0.2, 0.25) is 0 Å². The van der Waals surface area contributed by atoms with Crippen molar-refractivity contribution in [2.24, 2.45) is 0 Å². The second-order valence-corrected chi connectivity index (χ2v) is 5.88. The van der Waals surface area contributed by atoms with Crippen LogP contribution in [0.1, 0.15) is 23.5 Å². The summed E-state index contributed by atoms with van der Waals surface area (Å²) in [6.07, 6.45) is 0.846. The summed E-state index contributed by atoms with van der Waals surface area (Å²) in [6.45, 7) is 0. The summed E-state index contributed by atoms with van der Waals surface area (Å²) in [4.78, 5) is 11.7. The summed E-state index contributed by atoms with van der Waals surface area (Å²) >= 11 is 0. The average molecular weight is 293 g/mol. The number of benzene rings is 1. The van der Waals surface area contributed by atoms with E-state index in [9.17, 15) is 26.4 Å². The van der Waals surface area contributed by atoms with Crippen molar-refractivity contribution in [1.82, 2.24) is 4.72 Å². The third-order valence-electron chi connectivity index (χ3n) is 2.99. The van der Waals surface area contributed by atoms with Crippen molar-refractivity contribution in [3.8, 4) is 0 Å². The van der Waals surface area contributed by atoms with E-state index in [-0.39, 0.29) is 0 Å². The lowest BCUT2D eigenvalue weighted by atomic mass is 10.0. The summed E-state index contributed by atoms with van der Waals surface area (Å²) in [5.41, 5.74) is -4.05. The fraction of sp³-hybridized carbons (Fsp3) is 0.364. The standard InChI is InChI=1S/C11H10F3NO3S/c12-11(13,14)19(17,18)15-10(16)9-6-5-7-3-1-2-4-8(7)9/h1-4,9H,5-6H2,(H,15,16). The molecule has 0 aromatic heterocycles. The Kier molecular flexibility index (Phi) is 3.29. The van der Waals surface area contributed by atoms with Crippen LogP contribution in [-0.4, -0.2) is 19.8 Å². The number of hydrogen-bond donors (Lipinski definition) is 1. The maximum absolute atomic E-state index is 12.2. The largest absolute Gasteiger partial charge is 0.516 e. The van der Waals surface area contributed by atoms with E-state index in [2.05, 4.69) is 0 Å². The number of amides is 1. The monoisotopic (exact) mass is 293 g/mol. The third kappa shape index (κ3) is 2.58. The van der Waals surface area contributed by atoms with Crippen molar-refractivity contribution in [3.05, 3.63) is 35.4 Å². The van der Waals surface area contributed by atoms with E-state index in [0.29, 0.717) is 18.4 Å². The van der Waals surface area contributed by atoms with Crippen molar-refractivity contribution < 1.29 is 26.4 Å². The number of fused-ring (bicyclic) bond motifs is 1. The molecule has 1 aromatic rings. The Hall–Kier alpha value is -1.57. The fourth-order valence-electron chi connectivity index (χ4n) is 2.09. The SMILES string of the molecule is O=C(NS(=O)(=O)C(F)(F)F)C1CCc2ccccc21. The van der Waals surface area contributed by atoms with E-state index in [0.717, 1.165) is 10.3 Å². The van der Waals surface area contributed by atoms with E-state index in [1.807, 2.05) is 0 Å². The molecule has 0 spiro atoms. The molecule has 104 valence electrons. The molecule has 1 amide bonds. The molecule has 1 aliphatic rings. The molecule has 19 heavy (non-hydrogen) atoms. The number of aryl methyl sites for hydroxylation is 1. The highest BCUT2D eigenvalue weighted by molar-refractivity contribution is 7.90. The summed E-state index contributed by atoms with van der Waals surface area (Å²) in [5, 5.41) is 0. The number of hydrogen-bond acceptors (Lipinski definition) is 3. The molecule has 0 fully saturated rings. The van der Waals surface area contributed by atoms with Crippen LogP contribution in [0.25, 0.3) is 0 Å². The zero-order chi connectivity index (χ0) is 14.3. The number of nitrogens with one attached hydrogen (secondary N) is 1. The van der Waals surface area contributed by atoms with Gasteiger partial charge in [-0.2, -0.15) is 21.6 Å². The molecule has 0 heterocycles. The van der Waals surface area contributed by atoms with Gasteiger partial charge in [-0.25, -0.2) is 4.72 Å². The van der Waals surface area contributed by atoms with Gasteiger partial charge in [-0.15, -0.1) is 0 Å². The van der Waals surface area contributed by atoms with Crippen molar-refractivity contribution in [3.63, 3.8) is 0 Å². The molecular weight excluding hydrogens is 283 g/mol. The minimum atomic E-state index is -5.64. The zero-order valence-electron chi connectivity index (χ0n) is 9.57. The Morgan fingerprint density at radius 1 is 1.26 bits per heavy atom. The average Bonchev–Trinajstić information content (AvgIpc) is 2.70. The second-order valence-electron chi connectivity index (χ2n) is 4.21. The molecule has 0 saturated heterocycles. The molecule has 1 atom stereocenters. The van der Waals surface area contributed by atoms with Crippen LogP contribution >= 0.6 is 0 Å². The van der Waals surface area contributed by atoms with Crippen molar-refractivity contribution >= 4 is 15.9 Å². The first kappa shape index (κ1) is 13.9. The first-order valence-corrected chi connectivity index (χ1v) is 6.91. The molecule has 0 bridgehead atoms. The summed E-state index contributed by atoms with van der Waals surface area (Å²) in [7, 11) is -5.64. The predicted molar refractivity (Wildman–Crippen MR) is 60.6 cm³/mol. The van der Waals surface area contributed by atoms with Gasteiger partial charge in [-0.05, 0) is 24.0 Å². The number of rotatable bonds is 2. The highest BCUT2D eigenvalue weighted by Crippen LogP contribution is 2.33. The van der Waals surface area contributed by atoms with Gasteiger partial charge in [0.2, 0.25) is 5.91 Å². The quantitative estimate of drug-likeness (QED) is 0.902. The minimum Gasteiger partial charge on any atom is -0.273 e. The molecule has 1 N–H and O–H groups in total. The van der Waals surface area contributed by atoms with E-state index >= 15 is 0 Å². The predicted octanol–water partition coefficient (Wildman–Crippen LogP) is 1.68. The van der Waals surface area contributed by atoms with Gasteiger partial charge in [0.05, 0.1) is 5.92 Å². The van der Waals surface area contributed by atoms with Gasteiger partial charge in [0, 0.05) is 0 Å². The van der Waals surface area contributed by atoms with Crippen LogP contribution in [0.3, 0.4) is 0 Å². The van der Waals surface area contributed by atoms with Crippen LogP contribution in [-0.2, 0) is 21.2 Å². The van der Waals surface area contributed by atoms with Crippen LogP contribution in [0.4, 0.5) is 13.2 Å². The van der Waals surface area contributed by atoms with Gasteiger partial charge in [-0.3, -0.25) is 4.79 Å². The second kappa shape index (κ2) is 4.52. The summed E-state index contributed by atoms with van der Waals surface area (Å²) in [5.74, 6) is -1.99. The van der Waals surface area contributed by atoms with Crippen molar-refractivity contribution in [1.29, 1.82) is 0 Å². The molecule has 0 radical (unpaired) electrons. The lowest BCUT2D eigenvalue weighted by molar-refractivity contribution is -0.121. The van der Waals surface area contributed by atoms with Crippen LogP contribution in [0.15, 0.2) is 24.3 Å². The van der Waals surface area contributed by atoms with E-state index in [1.54, 1.807) is 24.3 Å². The number of carbonyl (C=O) groups excluding carboxylic acids is 1. The molecule has 0 aliphatic heterocycles. The highest BCUT2D eigenvalue weighted by Gasteiger charge is 2.48. The number of halogens is 3. The summed E-state index contributed by atoms with van der Waals surface area (Å²) < 4.78 is 59.4. The third-order valence-corrected chi connectivity index (χ3v) is 4.07. The highest BCUT2D eigenvalue weighted by atomic mass is 32.2. The van der Waals surface area contributed by atoms with Gasteiger partial charge in [0.15, 0.2) is 0 Å². The van der Waals surface area contributed by atoms with Crippen molar-refractivity contribution in [2.75, 3.05) is 0 Å². The molecule has 2 rings (SSSR count). The van der Waals surface area contributed by atoms with Gasteiger partial charge >= 0.3 is 15.5 Å². The maximum Gasteiger partial charge on any atom is 0.516 e. The fourth-order valence-corrected chi connectivity index (χ4v) is 2.61. The molecule has 1 aliphatic carbocycles. The Labute approximate surface area is 107 Å².